The van der Waals surface area contributed by atoms with E-state index in [0.717, 1.165) is 52.6 Å². The molecule has 27 heavy (non-hydrogen) atoms. The van der Waals surface area contributed by atoms with Crippen LogP contribution in [-0.2, 0) is 0 Å². The Morgan fingerprint density at radius 1 is 0.963 bits per heavy atom. The quantitative estimate of drug-likeness (QED) is 0.726. The van der Waals surface area contributed by atoms with Crippen LogP contribution in [0.4, 0.5) is 8.78 Å². The Morgan fingerprint density at radius 2 is 1.78 bits per heavy atom. The van der Waals surface area contributed by atoms with Gasteiger partial charge in [-0.2, -0.15) is 0 Å². The summed E-state index contributed by atoms with van der Waals surface area (Å²) < 4.78 is 32.6. The number of nitrogens with one attached hydrogen (secondary N) is 1. The summed E-state index contributed by atoms with van der Waals surface area (Å²) in [5.41, 5.74) is 7.87. The largest absolute Gasteiger partial charge is 0.491 e. The Labute approximate surface area is 155 Å². The highest BCUT2D eigenvalue weighted by atomic mass is 19.2. The minimum atomic E-state index is -0.858. The molecule has 3 aromatic rings. The zero-order chi connectivity index (χ0) is 18.8. The van der Waals surface area contributed by atoms with E-state index in [4.69, 9.17) is 10.5 Å². The molecule has 1 heterocycles. The Hall–Kier alpha value is -2.99. The zero-order valence-electron chi connectivity index (χ0n) is 14.6. The number of hydrogen-bond acceptors (Lipinski definition) is 4. The molecule has 0 saturated heterocycles. The van der Waals surface area contributed by atoms with Crippen molar-refractivity contribution in [3.05, 3.63) is 65.7 Å². The fourth-order valence-corrected chi connectivity index (χ4v) is 3.18. The van der Waals surface area contributed by atoms with E-state index in [1.54, 1.807) is 6.07 Å². The van der Waals surface area contributed by atoms with Crippen LogP contribution >= 0.6 is 0 Å². The molecule has 0 spiro atoms. The van der Waals surface area contributed by atoms with Crippen LogP contribution in [0.25, 0.3) is 21.9 Å². The van der Waals surface area contributed by atoms with Gasteiger partial charge in [-0.15, -0.1) is 0 Å². The highest BCUT2D eigenvalue weighted by Crippen LogP contribution is 2.31. The molecule has 4 nitrogen and oxygen atoms in total. The van der Waals surface area contributed by atoms with E-state index < -0.39 is 11.6 Å². The molecule has 0 aromatic heterocycles. The summed E-state index contributed by atoms with van der Waals surface area (Å²) in [5, 5.41) is 5.21. The summed E-state index contributed by atoms with van der Waals surface area (Å²) in [6.07, 6.45) is 0. The lowest BCUT2D eigenvalue weighted by Gasteiger charge is -2.14. The minimum absolute atomic E-state index is 0.415. The van der Waals surface area contributed by atoms with Gasteiger partial charge in [0.2, 0.25) is 0 Å². The third-order valence-electron chi connectivity index (χ3n) is 4.50. The van der Waals surface area contributed by atoms with Crippen LogP contribution < -0.4 is 15.8 Å². The molecule has 0 bridgehead atoms. The first kappa shape index (κ1) is 17.4. The highest BCUT2D eigenvalue weighted by Gasteiger charge is 2.16. The molecular weight excluding hydrogens is 348 g/mol. The summed E-state index contributed by atoms with van der Waals surface area (Å²) in [7, 11) is 0. The summed E-state index contributed by atoms with van der Waals surface area (Å²) in [6, 6.07) is 13.6. The van der Waals surface area contributed by atoms with E-state index >= 15 is 0 Å². The van der Waals surface area contributed by atoms with Crippen molar-refractivity contribution in [1.29, 1.82) is 0 Å². The van der Waals surface area contributed by atoms with Crippen LogP contribution in [0.3, 0.4) is 0 Å². The fourth-order valence-electron chi connectivity index (χ4n) is 3.18. The van der Waals surface area contributed by atoms with Crippen molar-refractivity contribution in [2.45, 2.75) is 0 Å². The van der Waals surface area contributed by atoms with E-state index in [1.807, 2.05) is 30.3 Å². The molecule has 4 rings (SSSR count). The van der Waals surface area contributed by atoms with Crippen molar-refractivity contribution in [1.82, 2.24) is 5.32 Å². The molecule has 1 aliphatic rings. The number of fused-ring (bicyclic) bond motifs is 1. The van der Waals surface area contributed by atoms with Gasteiger partial charge in [-0.3, -0.25) is 4.99 Å². The molecular formula is C21H19F2N3O. The van der Waals surface area contributed by atoms with Crippen LogP contribution in [0.5, 0.6) is 5.75 Å². The lowest BCUT2D eigenvalue weighted by molar-refractivity contribution is 0.328. The molecule has 1 aliphatic heterocycles. The van der Waals surface area contributed by atoms with Gasteiger partial charge in [-0.05, 0) is 52.2 Å². The molecule has 6 heteroatoms. The van der Waals surface area contributed by atoms with Crippen LogP contribution in [0.2, 0.25) is 0 Å². The van der Waals surface area contributed by atoms with Crippen LogP contribution in [0, 0.1) is 11.6 Å². The minimum Gasteiger partial charge on any atom is -0.491 e. The Bertz CT molecular complexity index is 1030. The molecule has 138 valence electrons. The lowest BCUT2D eigenvalue weighted by atomic mass is 9.99. The molecule has 3 aromatic carbocycles. The van der Waals surface area contributed by atoms with E-state index in [0.29, 0.717) is 18.7 Å². The van der Waals surface area contributed by atoms with E-state index in [9.17, 15) is 8.78 Å². The molecule has 0 atom stereocenters. The number of aliphatic imine (C=N–C) groups is 1. The van der Waals surface area contributed by atoms with Gasteiger partial charge in [-0.1, -0.05) is 18.2 Å². The number of rotatable bonds is 5. The zero-order valence-corrected chi connectivity index (χ0v) is 14.6. The topological polar surface area (TPSA) is 59.6 Å². The van der Waals surface area contributed by atoms with Crippen LogP contribution in [-0.4, -0.2) is 32.1 Å². The Morgan fingerprint density at radius 3 is 2.52 bits per heavy atom. The van der Waals surface area contributed by atoms with E-state index in [-0.39, 0.29) is 0 Å². The van der Waals surface area contributed by atoms with Gasteiger partial charge >= 0.3 is 0 Å². The Kier molecular flexibility index (Phi) is 4.73. The van der Waals surface area contributed by atoms with E-state index in [2.05, 4.69) is 10.3 Å². The smallest absolute Gasteiger partial charge is 0.159 e. The van der Waals surface area contributed by atoms with Crippen LogP contribution in [0.15, 0.2) is 53.5 Å². The van der Waals surface area contributed by atoms with Gasteiger partial charge in [0.05, 0.1) is 12.1 Å². The predicted molar refractivity (Wildman–Crippen MR) is 103 cm³/mol. The maximum Gasteiger partial charge on any atom is 0.159 e. The van der Waals surface area contributed by atoms with Gasteiger partial charge in [0.15, 0.2) is 11.6 Å². The standard InChI is InChI=1S/C21H19F2N3O/c22-18-4-3-14(11-19(18)23)13-1-2-15-12-20(27-8-5-24)17(10-16(15)9-13)21-25-6-7-26-21/h1-4,9-12H,5-8,24H2,(H,25,26). The lowest BCUT2D eigenvalue weighted by Crippen LogP contribution is -2.21. The maximum atomic E-state index is 13.6. The van der Waals surface area contributed by atoms with Crippen molar-refractivity contribution in [3.8, 4) is 16.9 Å². The Balaban J connectivity index is 1.81. The summed E-state index contributed by atoms with van der Waals surface area (Å²) in [6.45, 7) is 2.35. The highest BCUT2D eigenvalue weighted by molar-refractivity contribution is 6.06. The number of amidine groups is 1. The third kappa shape index (κ3) is 3.48. The molecule has 0 amide bonds. The summed E-state index contributed by atoms with van der Waals surface area (Å²) >= 11 is 0. The monoisotopic (exact) mass is 367 g/mol. The summed E-state index contributed by atoms with van der Waals surface area (Å²) in [5.74, 6) is -0.194. The fraction of sp³-hybridized carbons (Fsp3) is 0.190. The van der Waals surface area contributed by atoms with Crippen molar-refractivity contribution in [2.24, 2.45) is 10.7 Å². The van der Waals surface area contributed by atoms with Gasteiger partial charge in [0, 0.05) is 13.1 Å². The third-order valence-corrected chi connectivity index (χ3v) is 4.50. The average Bonchev–Trinajstić information content (AvgIpc) is 3.22. The van der Waals surface area contributed by atoms with Gasteiger partial charge < -0.3 is 15.8 Å². The first-order chi connectivity index (χ1) is 13.2. The normalized spacial score (nSPS) is 13.5. The molecule has 0 unspecified atom stereocenters. The number of nitrogens with zero attached hydrogens (tertiary/aromatic N) is 1. The first-order valence-electron chi connectivity index (χ1n) is 8.80. The molecule has 3 N–H and O–H groups in total. The molecule has 0 aliphatic carbocycles. The van der Waals surface area contributed by atoms with Crippen molar-refractivity contribution < 1.29 is 13.5 Å². The second-order valence-electron chi connectivity index (χ2n) is 6.33. The van der Waals surface area contributed by atoms with Gasteiger partial charge in [0.25, 0.3) is 0 Å². The van der Waals surface area contributed by atoms with Crippen molar-refractivity contribution in [3.63, 3.8) is 0 Å². The number of hydrogen-bond donors (Lipinski definition) is 2. The van der Waals surface area contributed by atoms with Crippen molar-refractivity contribution in [2.75, 3.05) is 26.2 Å². The number of halogens is 2. The van der Waals surface area contributed by atoms with Gasteiger partial charge in [-0.25, -0.2) is 8.78 Å². The number of ether oxygens (including phenoxy) is 1. The second-order valence-corrected chi connectivity index (χ2v) is 6.33. The molecule has 0 fully saturated rings. The molecule has 0 radical (unpaired) electrons. The summed E-state index contributed by atoms with van der Waals surface area (Å²) in [4.78, 5) is 4.49. The first-order valence-corrected chi connectivity index (χ1v) is 8.80. The van der Waals surface area contributed by atoms with Crippen LogP contribution in [0.1, 0.15) is 5.56 Å². The van der Waals surface area contributed by atoms with Crippen molar-refractivity contribution >= 4 is 16.6 Å². The maximum absolute atomic E-state index is 13.6. The number of nitrogens with two attached hydrogens (primary N) is 1. The van der Waals surface area contributed by atoms with Gasteiger partial charge in [0.1, 0.15) is 18.2 Å². The predicted octanol–water partition coefficient (Wildman–Crippen LogP) is 3.47. The molecule has 0 saturated carbocycles. The number of benzene rings is 3. The SMILES string of the molecule is NCCOc1cc2ccc(-c3ccc(F)c(F)c3)cc2cc1C1=NCCN1. The average molecular weight is 367 g/mol. The van der Waals surface area contributed by atoms with E-state index in [1.165, 1.54) is 6.07 Å². The second kappa shape index (κ2) is 7.32.